The van der Waals surface area contributed by atoms with Crippen LogP contribution in [0.25, 0.3) is 0 Å². The van der Waals surface area contributed by atoms with E-state index < -0.39 is 0 Å². The van der Waals surface area contributed by atoms with Gasteiger partial charge in [0.15, 0.2) is 0 Å². The Bertz CT molecular complexity index is 401. The predicted octanol–water partition coefficient (Wildman–Crippen LogP) is 2.07. The Hall–Kier alpha value is -1.36. The first-order valence-corrected chi connectivity index (χ1v) is 5.15. The molecular weight excluding hydrogens is 198 g/mol. The molecule has 0 bridgehead atoms. The average Bonchev–Trinajstić information content (AvgIpc) is 2.63. The Balaban J connectivity index is 1.95. The van der Waals surface area contributed by atoms with Gasteiger partial charge < -0.3 is 4.42 Å². The second-order valence-electron chi connectivity index (χ2n) is 2.73. The summed E-state index contributed by atoms with van der Waals surface area (Å²) in [4.78, 5) is 3.94. The monoisotopic (exact) mass is 207 g/mol. The van der Waals surface area contributed by atoms with Gasteiger partial charge in [-0.3, -0.25) is 4.98 Å². The molecule has 14 heavy (non-hydrogen) atoms. The maximum atomic E-state index is 5.23. The van der Waals surface area contributed by atoms with E-state index in [1.807, 2.05) is 12.1 Å². The van der Waals surface area contributed by atoms with Crippen LogP contribution < -0.4 is 0 Å². The van der Waals surface area contributed by atoms with Crippen molar-refractivity contribution in [1.29, 1.82) is 0 Å². The number of hydrogen-bond acceptors (Lipinski definition) is 5. The maximum absolute atomic E-state index is 5.23. The van der Waals surface area contributed by atoms with Gasteiger partial charge in [0.25, 0.3) is 5.22 Å². The van der Waals surface area contributed by atoms with Gasteiger partial charge in [0.1, 0.15) is 0 Å². The fourth-order valence-electron chi connectivity index (χ4n) is 0.961. The van der Waals surface area contributed by atoms with Gasteiger partial charge in [0, 0.05) is 25.1 Å². The fraction of sp³-hybridized carbons (Fsp3) is 0.222. The normalized spacial score (nSPS) is 10.4. The summed E-state index contributed by atoms with van der Waals surface area (Å²) in [7, 11) is 0. The van der Waals surface area contributed by atoms with E-state index in [9.17, 15) is 0 Å². The minimum Gasteiger partial charge on any atom is -0.416 e. The van der Waals surface area contributed by atoms with Crippen LogP contribution >= 0.6 is 11.8 Å². The van der Waals surface area contributed by atoms with Crippen molar-refractivity contribution in [2.75, 3.05) is 0 Å². The topological polar surface area (TPSA) is 51.8 Å². The van der Waals surface area contributed by atoms with Crippen LogP contribution in [0, 0.1) is 6.92 Å². The zero-order valence-corrected chi connectivity index (χ0v) is 8.49. The van der Waals surface area contributed by atoms with Crippen LogP contribution in [-0.2, 0) is 5.75 Å². The number of thioether (sulfide) groups is 1. The minimum atomic E-state index is 0.599. The van der Waals surface area contributed by atoms with Crippen molar-refractivity contribution in [3.63, 3.8) is 0 Å². The molecule has 2 heterocycles. The van der Waals surface area contributed by atoms with E-state index in [0.717, 1.165) is 5.75 Å². The summed E-state index contributed by atoms with van der Waals surface area (Å²) in [6.07, 6.45) is 3.55. The zero-order chi connectivity index (χ0) is 9.80. The van der Waals surface area contributed by atoms with Gasteiger partial charge >= 0.3 is 0 Å². The molecule has 0 aromatic carbocycles. The third kappa shape index (κ3) is 2.32. The smallest absolute Gasteiger partial charge is 0.276 e. The Morgan fingerprint density at radius 3 is 2.71 bits per heavy atom. The van der Waals surface area contributed by atoms with E-state index in [2.05, 4.69) is 15.2 Å². The van der Waals surface area contributed by atoms with Crippen molar-refractivity contribution >= 4 is 11.8 Å². The Morgan fingerprint density at radius 2 is 2.07 bits per heavy atom. The van der Waals surface area contributed by atoms with Crippen molar-refractivity contribution in [1.82, 2.24) is 15.2 Å². The number of aryl methyl sites for hydroxylation is 1. The molecule has 2 aromatic rings. The average molecular weight is 207 g/mol. The lowest BCUT2D eigenvalue weighted by atomic mass is 10.3. The molecule has 0 saturated carbocycles. The molecule has 0 radical (unpaired) electrons. The van der Waals surface area contributed by atoms with Gasteiger partial charge in [-0.15, -0.1) is 10.2 Å². The van der Waals surface area contributed by atoms with Crippen LogP contribution in [0.1, 0.15) is 11.5 Å². The molecule has 0 atom stereocenters. The Labute approximate surface area is 85.8 Å². The molecule has 0 aliphatic rings. The number of hydrogen-bond donors (Lipinski definition) is 0. The summed E-state index contributed by atoms with van der Waals surface area (Å²) >= 11 is 1.53. The zero-order valence-electron chi connectivity index (χ0n) is 7.67. The molecule has 0 fully saturated rings. The van der Waals surface area contributed by atoms with Crippen LogP contribution in [0.4, 0.5) is 0 Å². The van der Waals surface area contributed by atoms with Crippen LogP contribution in [-0.4, -0.2) is 15.2 Å². The lowest BCUT2D eigenvalue weighted by molar-refractivity contribution is 0.429. The quantitative estimate of drug-likeness (QED) is 0.721. The number of aromatic nitrogens is 3. The first-order chi connectivity index (χ1) is 6.84. The van der Waals surface area contributed by atoms with Gasteiger partial charge in [0.2, 0.25) is 5.89 Å². The van der Waals surface area contributed by atoms with Gasteiger partial charge in [-0.05, 0) is 17.7 Å². The molecule has 72 valence electrons. The molecule has 0 amide bonds. The summed E-state index contributed by atoms with van der Waals surface area (Å²) in [5.41, 5.74) is 1.20. The highest BCUT2D eigenvalue weighted by Crippen LogP contribution is 2.20. The van der Waals surface area contributed by atoms with Crippen molar-refractivity contribution in [3.8, 4) is 0 Å². The van der Waals surface area contributed by atoms with Gasteiger partial charge in [-0.25, -0.2) is 0 Å². The van der Waals surface area contributed by atoms with Gasteiger partial charge in [-0.1, -0.05) is 11.8 Å². The molecule has 2 aromatic heterocycles. The highest BCUT2D eigenvalue weighted by atomic mass is 32.2. The van der Waals surface area contributed by atoms with Crippen molar-refractivity contribution in [2.45, 2.75) is 17.9 Å². The molecule has 2 rings (SSSR count). The van der Waals surface area contributed by atoms with E-state index in [1.54, 1.807) is 19.3 Å². The van der Waals surface area contributed by atoms with E-state index >= 15 is 0 Å². The number of rotatable bonds is 3. The van der Waals surface area contributed by atoms with Crippen LogP contribution in [0.2, 0.25) is 0 Å². The number of nitrogens with zero attached hydrogens (tertiary/aromatic N) is 3. The van der Waals surface area contributed by atoms with Crippen LogP contribution in [0.15, 0.2) is 34.2 Å². The Kier molecular flexibility index (Phi) is 2.78. The summed E-state index contributed by atoms with van der Waals surface area (Å²) in [5.74, 6) is 1.42. The Morgan fingerprint density at radius 1 is 1.29 bits per heavy atom. The summed E-state index contributed by atoms with van der Waals surface area (Å²) in [5, 5.41) is 8.25. The van der Waals surface area contributed by atoms with E-state index in [-0.39, 0.29) is 0 Å². The molecule has 4 nitrogen and oxygen atoms in total. The summed E-state index contributed by atoms with van der Waals surface area (Å²) in [6, 6.07) is 3.94. The fourth-order valence-corrected chi connectivity index (χ4v) is 1.72. The molecule has 0 saturated heterocycles. The maximum Gasteiger partial charge on any atom is 0.276 e. The third-order valence-corrected chi connectivity index (χ3v) is 2.51. The number of pyridine rings is 1. The molecule has 0 unspecified atom stereocenters. The molecule has 0 spiro atoms. The molecule has 0 aliphatic heterocycles. The van der Waals surface area contributed by atoms with E-state index in [1.165, 1.54) is 17.3 Å². The predicted molar refractivity (Wildman–Crippen MR) is 52.8 cm³/mol. The highest BCUT2D eigenvalue weighted by Gasteiger charge is 2.02. The molecular formula is C9H9N3OS. The van der Waals surface area contributed by atoms with Crippen LogP contribution in [0.5, 0.6) is 0 Å². The van der Waals surface area contributed by atoms with Crippen molar-refractivity contribution in [2.24, 2.45) is 0 Å². The van der Waals surface area contributed by atoms with Crippen LogP contribution in [0.3, 0.4) is 0 Å². The molecule has 0 N–H and O–H groups in total. The largest absolute Gasteiger partial charge is 0.416 e. The van der Waals surface area contributed by atoms with E-state index in [0.29, 0.717) is 11.1 Å². The van der Waals surface area contributed by atoms with Crippen molar-refractivity contribution < 1.29 is 4.42 Å². The van der Waals surface area contributed by atoms with Gasteiger partial charge in [0.05, 0.1) is 0 Å². The second-order valence-corrected chi connectivity index (χ2v) is 3.66. The highest BCUT2D eigenvalue weighted by molar-refractivity contribution is 7.98. The molecule has 5 heteroatoms. The lowest BCUT2D eigenvalue weighted by Gasteiger charge is -1.95. The summed E-state index contributed by atoms with van der Waals surface area (Å²) < 4.78 is 5.23. The standard InChI is InChI=1S/C9H9N3OS/c1-7-11-12-9(13-7)14-6-8-2-4-10-5-3-8/h2-5H,6H2,1H3. The lowest BCUT2D eigenvalue weighted by Crippen LogP contribution is -1.80. The van der Waals surface area contributed by atoms with Gasteiger partial charge in [-0.2, -0.15) is 0 Å². The van der Waals surface area contributed by atoms with Crippen molar-refractivity contribution in [3.05, 3.63) is 36.0 Å². The minimum absolute atomic E-state index is 0.599. The first-order valence-electron chi connectivity index (χ1n) is 4.16. The molecule has 0 aliphatic carbocycles. The summed E-state index contributed by atoms with van der Waals surface area (Å²) in [6.45, 7) is 1.78. The third-order valence-electron chi connectivity index (χ3n) is 1.62. The SMILES string of the molecule is Cc1nnc(SCc2ccncc2)o1. The second kappa shape index (κ2) is 4.23. The first kappa shape index (κ1) is 9.21. The van der Waals surface area contributed by atoms with E-state index in [4.69, 9.17) is 4.42 Å².